The molecule has 4 heteroatoms. The molecule has 0 aliphatic rings. The van der Waals surface area contributed by atoms with E-state index in [9.17, 15) is 4.79 Å². The summed E-state index contributed by atoms with van der Waals surface area (Å²) in [6.45, 7) is 0. The van der Waals surface area contributed by atoms with Crippen molar-refractivity contribution in [2.45, 2.75) is 0 Å². The van der Waals surface area contributed by atoms with Crippen LogP contribution in [0.25, 0.3) is 10.9 Å². The molecule has 0 atom stereocenters. The minimum Gasteiger partial charge on any atom is -0.465 e. The number of rotatable bonds is 1. The number of esters is 1. The first-order valence-electron chi connectivity index (χ1n) is 4.46. The summed E-state index contributed by atoms with van der Waals surface area (Å²) in [5, 5.41) is 1.39. The average molecular weight is 224 g/mol. The molecule has 0 saturated carbocycles. The van der Waals surface area contributed by atoms with Gasteiger partial charge in [0.15, 0.2) is 0 Å². The van der Waals surface area contributed by atoms with Crippen LogP contribution in [0, 0.1) is 0 Å². The first kappa shape index (κ1) is 10.1. The van der Waals surface area contributed by atoms with E-state index in [4.69, 9.17) is 11.6 Å². The largest absolute Gasteiger partial charge is 0.465 e. The van der Waals surface area contributed by atoms with Crippen LogP contribution in [0.4, 0.5) is 0 Å². The van der Waals surface area contributed by atoms with Crippen LogP contribution in [0.1, 0.15) is 10.4 Å². The highest BCUT2D eigenvalue weighted by molar-refractivity contribution is 6.34. The van der Waals surface area contributed by atoms with Gasteiger partial charge in [0.25, 0.3) is 0 Å². The van der Waals surface area contributed by atoms with Crippen molar-refractivity contribution in [3.05, 3.63) is 35.0 Å². The second-order valence-corrected chi connectivity index (χ2v) is 3.72. The molecule has 0 fully saturated rings. The standard InChI is InChI=1S/C11H10ClNO2/c1-13-4-3-7-5-8(11(14)15-2)9(12)6-10(7)13/h3-6H,1-2H3. The number of hydrogen-bond acceptors (Lipinski definition) is 2. The van der Waals surface area contributed by atoms with Crippen molar-refractivity contribution in [2.24, 2.45) is 7.05 Å². The van der Waals surface area contributed by atoms with Gasteiger partial charge in [-0.1, -0.05) is 11.6 Å². The van der Waals surface area contributed by atoms with E-state index in [-0.39, 0.29) is 0 Å². The van der Waals surface area contributed by atoms with E-state index >= 15 is 0 Å². The molecule has 0 spiro atoms. The fourth-order valence-electron chi connectivity index (χ4n) is 1.56. The summed E-state index contributed by atoms with van der Waals surface area (Å²) in [6.07, 6.45) is 1.92. The minimum absolute atomic E-state index is 0.401. The molecular formula is C11H10ClNO2. The van der Waals surface area contributed by atoms with Crippen molar-refractivity contribution >= 4 is 28.5 Å². The number of hydrogen-bond donors (Lipinski definition) is 0. The van der Waals surface area contributed by atoms with Crippen LogP contribution in [0.2, 0.25) is 5.02 Å². The second kappa shape index (κ2) is 3.59. The molecule has 0 radical (unpaired) electrons. The topological polar surface area (TPSA) is 31.2 Å². The summed E-state index contributed by atoms with van der Waals surface area (Å²) >= 11 is 5.99. The number of methoxy groups -OCH3 is 1. The van der Waals surface area contributed by atoms with Crippen molar-refractivity contribution in [2.75, 3.05) is 7.11 Å². The molecule has 78 valence electrons. The summed E-state index contributed by atoms with van der Waals surface area (Å²) in [7, 11) is 3.27. The van der Waals surface area contributed by atoms with E-state index in [0.717, 1.165) is 10.9 Å². The maximum absolute atomic E-state index is 11.4. The summed E-state index contributed by atoms with van der Waals surface area (Å²) < 4.78 is 6.59. The molecule has 3 nitrogen and oxygen atoms in total. The molecule has 2 rings (SSSR count). The quantitative estimate of drug-likeness (QED) is 0.696. The summed E-state index contributed by atoms with van der Waals surface area (Å²) in [5.74, 6) is -0.411. The van der Waals surface area contributed by atoms with Gasteiger partial charge in [0.2, 0.25) is 0 Å². The second-order valence-electron chi connectivity index (χ2n) is 3.31. The lowest BCUT2D eigenvalue weighted by atomic mass is 10.1. The van der Waals surface area contributed by atoms with E-state index in [0.29, 0.717) is 10.6 Å². The summed E-state index contributed by atoms with van der Waals surface area (Å²) in [6, 6.07) is 5.44. The number of fused-ring (bicyclic) bond motifs is 1. The zero-order chi connectivity index (χ0) is 11.0. The van der Waals surface area contributed by atoms with Gasteiger partial charge in [-0.3, -0.25) is 0 Å². The van der Waals surface area contributed by atoms with Gasteiger partial charge in [-0.05, 0) is 18.2 Å². The molecule has 0 aliphatic heterocycles. The van der Waals surface area contributed by atoms with Gasteiger partial charge >= 0.3 is 5.97 Å². The summed E-state index contributed by atoms with van der Waals surface area (Å²) in [5.41, 5.74) is 1.39. The van der Waals surface area contributed by atoms with Crippen molar-refractivity contribution in [1.82, 2.24) is 4.57 Å². The van der Waals surface area contributed by atoms with Gasteiger partial charge in [0.1, 0.15) is 0 Å². The first-order chi connectivity index (χ1) is 7.13. The fourth-order valence-corrected chi connectivity index (χ4v) is 1.79. The van der Waals surface area contributed by atoms with Crippen LogP contribution < -0.4 is 0 Å². The zero-order valence-corrected chi connectivity index (χ0v) is 9.21. The Bertz CT molecular complexity index is 531. The van der Waals surface area contributed by atoms with Gasteiger partial charge in [0.05, 0.1) is 17.7 Å². The molecular weight excluding hydrogens is 214 g/mol. The number of carbonyl (C=O) groups is 1. The molecule has 0 unspecified atom stereocenters. The highest BCUT2D eigenvalue weighted by Crippen LogP contribution is 2.24. The third kappa shape index (κ3) is 1.59. The van der Waals surface area contributed by atoms with Crippen LogP contribution in [0.5, 0.6) is 0 Å². The molecule has 2 aromatic rings. The Balaban J connectivity index is 2.68. The van der Waals surface area contributed by atoms with Gasteiger partial charge < -0.3 is 9.30 Å². The normalized spacial score (nSPS) is 10.6. The van der Waals surface area contributed by atoms with Gasteiger partial charge in [-0.25, -0.2) is 4.79 Å². The number of ether oxygens (including phenoxy) is 1. The number of halogens is 1. The SMILES string of the molecule is COC(=O)c1cc2ccn(C)c2cc1Cl. The van der Waals surface area contributed by atoms with Crippen molar-refractivity contribution in [1.29, 1.82) is 0 Å². The van der Waals surface area contributed by atoms with Gasteiger partial charge in [0, 0.05) is 24.1 Å². The molecule has 0 N–H and O–H groups in total. The highest BCUT2D eigenvalue weighted by Gasteiger charge is 2.12. The Kier molecular flexibility index (Phi) is 2.40. The number of nitrogens with zero attached hydrogens (tertiary/aromatic N) is 1. The van der Waals surface area contributed by atoms with Crippen LogP contribution in [-0.4, -0.2) is 17.6 Å². The fraction of sp³-hybridized carbons (Fsp3) is 0.182. The first-order valence-corrected chi connectivity index (χ1v) is 4.84. The molecule has 1 aromatic carbocycles. The Hall–Kier alpha value is -1.48. The molecule has 0 saturated heterocycles. The van der Waals surface area contributed by atoms with Crippen LogP contribution in [0.3, 0.4) is 0 Å². The third-order valence-electron chi connectivity index (χ3n) is 2.38. The van der Waals surface area contributed by atoms with E-state index < -0.39 is 5.97 Å². The lowest BCUT2D eigenvalue weighted by molar-refractivity contribution is 0.0601. The molecule has 1 aromatic heterocycles. The highest BCUT2D eigenvalue weighted by atomic mass is 35.5. The molecule has 0 amide bonds. The molecule has 0 aliphatic carbocycles. The van der Waals surface area contributed by atoms with Gasteiger partial charge in [-0.2, -0.15) is 0 Å². The average Bonchev–Trinajstić information content (AvgIpc) is 2.58. The lowest BCUT2D eigenvalue weighted by Crippen LogP contribution is -2.02. The number of aryl methyl sites for hydroxylation is 1. The molecule has 0 bridgehead atoms. The monoisotopic (exact) mass is 223 g/mol. The molecule has 1 heterocycles. The molecule has 15 heavy (non-hydrogen) atoms. The predicted octanol–water partition coefficient (Wildman–Crippen LogP) is 2.62. The van der Waals surface area contributed by atoms with Crippen LogP contribution in [0.15, 0.2) is 24.4 Å². The maximum atomic E-state index is 11.4. The Morgan fingerprint density at radius 3 is 2.87 bits per heavy atom. The Labute approximate surface area is 92.2 Å². The van der Waals surface area contributed by atoms with Crippen LogP contribution in [-0.2, 0) is 11.8 Å². The van der Waals surface area contributed by atoms with E-state index in [2.05, 4.69) is 4.74 Å². The van der Waals surface area contributed by atoms with Crippen molar-refractivity contribution in [3.8, 4) is 0 Å². The Morgan fingerprint density at radius 1 is 1.47 bits per heavy atom. The Morgan fingerprint density at radius 2 is 2.20 bits per heavy atom. The number of benzene rings is 1. The van der Waals surface area contributed by atoms with E-state index in [1.165, 1.54) is 7.11 Å². The van der Waals surface area contributed by atoms with Crippen molar-refractivity contribution < 1.29 is 9.53 Å². The third-order valence-corrected chi connectivity index (χ3v) is 2.69. The van der Waals surface area contributed by atoms with E-state index in [1.54, 1.807) is 12.1 Å². The minimum atomic E-state index is -0.411. The van der Waals surface area contributed by atoms with Crippen molar-refractivity contribution in [3.63, 3.8) is 0 Å². The summed E-state index contributed by atoms with van der Waals surface area (Å²) in [4.78, 5) is 11.4. The predicted molar refractivity (Wildman–Crippen MR) is 59.3 cm³/mol. The lowest BCUT2D eigenvalue weighted by Gasteiger charge is -2.03. The van der Waals surface area contributed by atoms with E-state index in [1.807, 2.05) is 23.9 Å². The van der Waals surface area contributed by atoms with Crippen LogP contribution >= 0.6 is 11.6 Å². The van der Waals surface area contributed by atoms with Gasteiger partial charge in [-0.15, -0.1) is 0 Å². The zero-order valence-electron chi connectivity index (χ0n) is 8.45. The maximum Gasteiger partial charge on any atom is 0.339 e. The smallest absolute Gasteiger partial charge is 0.339 e. The number of carbonyl (C=O) groups excluding carboxylic acids is 1. The number of aromatic nitrogens is 1.